The predicted octanol–water partition coefficient (Wildman–Crippen LogP) is 5.00. The van der Waals surface area contributed by atoms with Crippen molar-refractivity contribution < 1.29 is 19.4 Å². The fourth-order valence-electron chi connectivity index (χ4n) is 5.27. The summed E-state index contributed by atoms with van der Waals surface area (Å²) in [4.78, 5) is 34.4. The molecule has 1 aromatic heterocycles. The minimum Gasteiger partial charge on any atom is -0.504 e. The number of phenols is 1. The summed E-state index contributed by atoms with van der Waals surface area (Å²) in [5.41, 5.74) is 3.60. The number of nitrogens with zero attached hydrogens (tertiary/aromatic N) is 4. The Kier molecular flexibility index (Phi) is 7.74. The molecule has 3 aromatic rings. The zero-order valence-corrected chi connectivity index (χ0v) is 21.0. The normalized spacial score (nSPS) is 18.0. The Labute approximate surface area is 221 Å². The molecule has 196 valence electrons. The van der Waals surface area contributed by atoms with E-state index in [0.717, 1.165) is 36.8 Å². The van der Waals surface area contributed by atoms with Gasteiger partial charge in [0.2, 0.25) is 0 Å². The monoisotopic (exact) mass is 514 g/mol. The van der Waals surface area contributed by atoms with Gasteiger partial charge in [0.25, 0.3) is 0 Å². The first-order chi connectivity index (χ1) is 18.5. The maximum atomic E-state index is 12.8. The Bertz CT molecular complexity index is 1300. The molecule has 1 fully saturated rings. The van der Waals surface area contributed by atoms with Crippen molar-refractivity contribution in [3.63, 3.8) is 0 Å². The lowest BCUT2D eigenvalue weighted by Gasteiger charge is -2.41. The quantitative estimate of drug-likeness (QED) is 0.397. The lowest BCUT2D eigenvalue weighted by atomic mass is 9.90. The standard InChI is InChI=1S/C29H30N4O5/c1-19(27(20-7-3-2-4-8-20)38-23-9-5-6-10-23)33-17-21-11-12-26(34)28(24(21)15-25(33)29(35)32-36)37-18-22-16-30-13-14-31-22/h2-4,7-8,11-14,16,23,25,27,34H,1,5-6,9-10,15,17-18H2. The van der Waals surface area contributed by atoms with E-state index in [4.69, 9.17) is 9.47 Å². The molecular weight excluding hydrogens is 484 g/mol. The highest BCUT2D eigenvalue weighted by Gasteiger charge is 2.38. The summed E-state index contributed by atoms with van der Waals surface area (Å²) in [5.74, 6) is -0.617. The molecular formula is C29H30N4O5. The number of aromatic hydroxyl groups is 1. The molecule has 1 N–H and O–H groups in total. The predicted molar refractivity (Wildman–Crippen MR) is 140 cm³/mol. The van der Waals surface area contributed by atoms with Crippen LogP contribution in [0.3, 0.4) is 0 Å². The molecule has 2 atom stereocenters. The molecule has 9 heteroatoms. The second-order valence-electron chi connectivity index (χ2n) is 9.64. The lowest BCUT2D eigenvalue weighted by Crippen LogP contribution is -2.45. The van der Waals surface area contributed by atoms with Gasteiger partial charge >= 0.3 is 5.91 Å². The van der Waals surface area contributed by atoms with Crippen molar-refractivity contribution in [2.24, 2.45) is 5.18 Å². The number of phenolic OH excluding ortho intramolecular Hbond substituents is 1. The van der Waals surface area contributed by atoms with Crippen LogP contribution < -0.4 is 4.74 Å². The van der Waals surface area contributed by atoms with E-state index in [-0.39, 0.29) is 37.2 Å². The molecule has 9 nitrogen and oxygen atoms in total. The van der Waals surface area contributed by atoms with Crippen LogP contribution in [0.15, 0.2) is 78.5 Å². The van der Waals surface area contributed by atoms with Gasteiger partial charge in [-0.05, 0) is 30.0 Å². The average molecular weight is 515 g/mol. The first-order valence-corrected chi connectivity index (χ1v) is 12.8. The van der Waals surface area contributed by atoms with Crippen LogP contribution >= 0.6 is 0 Å². The highest BCUT2D eigenvalue weighted by atomic mass is 16.5. The van der Waals surface area contributed by atoms with Crippen molar-refractivity contribution in [3.05, 3.63) is 101 Å². The summed E-state index contributed by atoms with van der Waals surface area (Å²) in [6, 6.07) is 12.2. The Morgan fingerprint density at radius 1 is 1.16 bits per heavy atom. The molecule has 1 aliphatic carbocycles. The number of rotatable bonds is 9. The molecule has 1 aliphatic heterocycles. The Morgan fingerprint density at radius 2 is 1.95 bits per heavy atom. The molecule has 0 spiro atoms. The van der Waals surface area contributed by atoms with E-state index in [1.165, 1.54) is 0 Å². The summed E-state index contributed by atoms with van der Waals surface area (Å²) >= 11 is 0. The van der Waals surface area contributed by atoms with Crippen molar-refractivity contribution in [1.29, 1.82) is 0 Å². The molecule has 2 aromatic carbocycles. The van der Waals surface area contributed by atoms with Gasteiger partial charge in [-0.2, -0.15) is 0 Å². The number of ether oxygens (including phenoxy) is 2. The van der Waals surface area contributed by atoms with Gasteiger partial charge in [-0.15, -0.1) is 4.91 Å². The van der Waals surface area contributed by atoms with Gasteiger partial charge < -0.3 is 19.5 Å². The van der Waals surface area contributed by atoms with E-state index >= 15 is 0 Å². The molecule has 38 heavy (non-hydrogen) atoms. The van der Waals surface area contributed by atoms with Crippen LogP contribution in [0, 0.1) is 4.91 Å². The zero-order chi connectivity index (χ0) is 26.5. The molecule has 0 bridgehead atoms. The molecule has 5 rings (SSSR count). The van der Waals surface area contributed by atoms with Crippen LogP contribution in [-0.4, -0.2) is 38.0 Å². The van der Waals surface area contributed by atoms with Crippen LogP contribution in [0.1, 0.15) is 54.2 Å². The van der Waals surface area contributed by atoms with Gasteiger partial charge in [-0.25, -0.2) is 0 Å². The van der Waals surface area contributed by atoms with E-state index in [0.29, 0.717) is 17.0 Å². The van der Waals surface area contributed by atoms with Crippen LogP contribution in [0.2, 0.25) is 0 Å². The highest BCUT2D eigenvalue weighted by molar-refractivity contribution is 5.83. The van der Waals surface area contributed by atoms with Crippen LogP contribution in [0.25, 0.3) is 0 Å². The average Bonchev–Trinajstić information content (AvgIpc) is 3.48. The molecule has 2 aliphatic rings. The SMILES string of the molecule is C=C(C(OC1CCCC1)c1ccccc1)N1Cc2ccc(O)c(OCc3cnccn3)c2CC1C(=O)N=O. The third-order valence-corrected chi connectivity index (χ3v) is 7.21. The molecule has 1 amide bonds. The van der Waals surface area contributed by atoms with E-state index in [2.05, 4.69) is 21.7 Å². The van der Waals surface area contributed by atoms with Gasteiger partial charge in [-0.3, -0.25) is 14.8 Å². The van der Waals surface area contributed by atoms with Crippen molar-refractivity contribution in [3.8, 4) is 11.5 Å². The maximum absolute atomic E-state index is 12.8. The third kappa shape index (κ3) is 5.43. The van der Waals surface area contributed by atoms with Crippen LogP contribution in [0.5, 0.6) is 11.5 Å². The number of carbonyl (C=O) groups is 1. The fourth-order valence-corrected chi connectivity index (χ4v) is 5.27. The van der Waals surface area contributed by atoms with Gasteiger partial charge in [-0.1, -0.05) is 55.8 Å². The number of hydrogen-bond donors (Lipinski definition) is 1. The van der Waals surface area contributed by atoms with E-state index in [1.54, 1.807) is 30.7 Å². The fraction of sp³-hybridized carbons (Fsp3) is 0.345. The van der Waals surface area contributed by atoms with E-state index < -0.39 is 18.1 Å². The lowest BCUT2D eigenvalue weighted by molar-refractivity contribution is -0.123. The molecule has 2 heterocycles. The second kappa shape index (κ2) is 11.5. The third-order valence-electron chi connectivity index (χ3n) is 7.21. The number of aromatic nitrogens is 2. The summed E-state index contributed by atoms with van der Waals surface area (Å²) in [6.07, 6.45) is 8.63. The number of amides is 1. The molecule has 0 radical (unpaired) electrons. The van der Waals surface area contributed by atoms with E-state index in [1.807, 2.05) is 35.2 Å². The number of nitroso groups, excluding NO2 is 1. The number of carbonyl (C=O) groups excluding carboxylic acids is 1. The highest BCUT2D eigenvalue weighted by Crippen LogP contribution is 2.42. The second-order valence-corrected chi connectivity index (χ2v) is 9.64. The summed E-state index contributed by atoms with van der Waals surface area (Å²) in [6.45, 7) is 4.73. The van der Waals surface area contributed by atoms with Gasteiger partial charge in [0, 0.05) is 41.8 Å². The van der Waals surface area contributed by atoms with Crippen LogP contribution in [0.4, 0.5) is 0 Å². The summed E-state index contributed by atoms with van der Waals surface area (Å²) in [5, 5.41) is 13.4. The first kappa shape index (κ1) is 25.5. The Balaban J connectivity index is 1.46. The number of benzene rings is 2. The van der Waals surface area contributed by atoms with Gasteiger partial charge in [0.15, 0.2) is 11.5 Å². The minimum absolute atomic E-state index is 0.0584. The van der Waals surface area contributed by atoms with Crippen LogP contribution in [-0.2, 0) is 29.1 Å². The Morgan fingerprint density at radius 3 is 2.66 bits per heavy atom. The molecule has 1 saturated carbocycles. The van der Waals surface area contributed by atoms with E-state index in [9.17, 15) is 14.8 Å². The van der Waals surface area contributed by atoms with Crippen molar-refractivity contribution in [2.45, 2.75) is 63.5 Å². The first-order valence-electron chi connectivity index (χ1n) is 12.8. The number of fused-ring (bicyclic) bond motifs is 1. The zero-order valence-electron chi connectivity index (χ0n) is 21.0. The maximum Gasteiger partial charge on any atom is 0.308 e. The molecule has 2 unspecified atom stereocenters. The van der Waals surface area contributed by atoms with Gasteiger partial charge in [0.1, 0.15) is 18.8 Å². The minimum atomic E-state index is -0.911. The van der Waals surface area contributed by atoms with Crippen molar-refractivity contribution >= 4 is 5.91 Å². The summed E-state index contributed by atoms with van der Waals surface area (Å²) < 4.78 is 12.5. The number of hydrogen-bond acceptors (Lipinski definition) is 8. The largest absolute Gasteiger partial charge is 0.504 e. The van der Waals surface area contributed by atoms with Gasteiger partial charge in [0.05, 0.1) is 18.0 Å². The smallest absolute Gasteiger partial charge is 0.308 e. The summed E-state index contributed by atoms with van der Waals surface area (Å²) in [7, 11) is 0. The topological polar surface area (TPSA) is 114 Å². The Hall–Kier alpha value is -4.11. The van der Waals surface area contributed by atoms with Crippen molar-refractivity contribution in [2.75, 3.05) is 0 Å². The van der Waals surface area contributed by atoms with Crippen molar-refractivity contribution in [1.82, 2.24) is 14.9 Å². The molecule has 0 saturated heterocycles.